The molecular formula is C11H16N6O. The molecular weight excluding hydrogens is 232 g/mol. The van der Waals surface area contributed by atoms with Crippen LogP contribution in [-0.4, -0.2) is 38.9 Å². The van der Waals surface area contributed by atoms with Gasteiger partial charge < -0.3 is 10.6 Å². The molecule has 1 aliphatic heterocycles. The monoisotopic (exact) mass is 248 g/mol. The lowest BCUT2D eigenvalue weighted by atomic mass is 10.1. The van der Waals surface area contributed by atoms with Crippen molar-refractivity contribution in [2.24, 2.45) is 0 Å². The van der Waals surface area contributed by atoms with Gasteiger partial charge in [-0.3, -0.25) is 0 Å². The molecule has 3 rings (SSSR count). The van der Waals surface area contributed by atoms with Crippen molar-refractivity contribution in [3.8, 4) is 0 Å². The maximum atomic E-state index is 11.4. The van der Waals surface area contributed by atoms with E-state index in [9.17, 15) is 4.79 Å². The third kappa shape index (κ3) is 2.21. The summed E-state index contributed by atoms with van der Waals surface area (Å²) in [5.41, 5.74) is 0.217. The number of rotatable bonds is 4. The van der Waals surface area contributed by atoms with E-state index in [-0.39, 0.29) is 5.69 Å². The molecule has 2 aromatic heterocycles. The molecule has 0 aromatic carbocycles. The zero-order chi connectivity index (χ0) is 12.4. The van der Waals surface area contributed by atoms with Crippen molar-refractivity contribution in [2.45, 2.75) is 25.3 Å². The van der Waals surface area contributed by atoms with Gasteiger partial charge in [-0.1, -0.05) is 0 Å². The molecule has 3 heterocycles. The third-order valence-corrected chi connectivity index (χ3v) is 3.23. The van der Waals surface area contributed by atoms with E-state index in [1.807, 2.05) is 6.07 Å². The second-order valence-electron chi connectivity index (χ2n) is 4.53. The van der Waals surface area contributed by atoms with Gasteiger partial charge in [-0.15, -0.1) is 5.10 Å². The predicted molar refractivity (Wildman–Crippen MR) is 67.7 cm³/mol. The number of fused-ring (bicyclic) bond motifs is 1. The first-order chi connectivity index (χ1) is 8.83. The van der Waals surface area contributed by atoms with Crippen molar-refractivity contribution >= 4 is 11.5 Å². The zero-order valence-electron chi connectivity index (χ0n) is 10.0. The number of H-pyrrole nitrogens is 1. The second-order valence-corrected chi connectivity index (χ2v) is 4.53. The molecule has 7 heteroatoms. The molecule has 7 nitrogen and oxygen atoms in total. The lowest BCUT2D eigenvalue weighted by Crippen LogP contribution is -2.24. The van der Waals surface area contributed by atoms with Crippen LogP contribution in [0.3, 0.4) is 0 Å². The fourth-order valence-electron chi connectivity index (χ4n) is 2.27. The fourth-order valence-corrected chi connectivity index (χ4v) is 2.27. The van der Waals surface area contributed by atoms with E-state index in [1.54, 1.807) is 6.07 Å². The molecule has 0 saturated carbocycles. The van der Waals surface area contributed by atoms with Crippen LogP contribution in [0.5, 0.6) is 0 Å². The van der Waals surface area contributed by atoms with Gasteiger partial charge in [0.1, 0.15) is 5.82 Å². The Morgan fingerprint density at radius 2 is 2.44 bits per heavy atom. The summed E-state index contributed by atoms with van der Waals surface area (Å²) in [7, 11) is 0. The van der Waals surface area contributed by atoms with Crippen molar-refractivity contribution in [3.05, 3.63) is 22.6 Å². The van der Waals surface area contributed by atoms with E-state index in [0.29, 0.717) is 17.5 Å². The fraction of sp³-hybridized carbons (Fsp3) is 0.545. The first-order valence-electron chi connectivity index (χ1n) is 6.25. The van der Waals surface area contributed by atoms with E-state index in [0.717, 1.165) is 19.5 Å². The van der Waals surface area contributed by atoms with E-state index < -0.39 is 0 Å². The highest BCUT2D eigenvalue weighted by Gasteiger charge is 2.13. The molecule has 1 fully saturated rings. The molecule has 96 valence electrons. The Bertz CT molecular complexity index is 582. The van der Waals surface area contributed by atoms with Gasteiger partial charge in [-0.05, 0) is 37.9 Å². The minimum absolute atomic E-state index is 0.314. The number of nitrogens with one attached hydrogen (secondary N) is 3. The molecule has 3 N–H and O–H groups in total. The Balaban J connectivity index is 1.63. The molecule has 1 atom stereocenters. The average molecular weight is 248 g/mol. The van der Waals surface area contributed by atoms with Gasteiger partial charge in [0.05, 0.1) is 0 Å². The zero-order valence-corrected chi connectivity index (χ0v) is 10.0. The number of aromatic nitrogens is 4. The topological polar surface area (TPSA) is 87.1 Å². The number of aromatic amines is 1. The largest absolute Gasteiger partial charge is 0.369 e. The smallest absolute Gasteiger partial charge is 0.364 e. The summed E-state index contributed by atoms with van der Waals surface area (Å²) in [6.45, 7) is 1.97. The van der Waals surface area contributed by atoms with Crippen molar-refractivity contribution in [3.63, 3.8) is 0 Å². The maximum Gasteiger partial charge on any atom is 0.364 e. The molecule has 0 spiro atoms. The van der Waals surface area contributed by atoms with E-state index in [4.69, 9.17) is 0 Å². The Labute approximate surface area is 104 Å². The Hall–Kier alpha value is -1.89. The second kappa shape index (κ2) is 4.77. The highest BCUT2D eigenvalue weighted by molar-refractivity contribution is 5.42. The van der Waals surface area contributed by atoms with Crippen LogP contribution in [0.2, 0.25) is 0 Å². The summed E-state index contributed by atoms with van der Waals surface area (Å²) in [6.07, 6.45) is 3.58. The van der Waals surface area contributed by atoms with Gasteiger partial charge in [0.2, 0.25) is 0 Å². The third-order valence-electron chi connectivity index (χ3n) is 3.23. The Kier molecular flexibility index (Phi) is 2.97. The summed E-state index contributed by atoms with van der Waals surface area (Å²) >= 11 is 0. The molecule has 1 saturated heterocycles. The van der Waals surface area contributed by atoms with E-state index in [1.165, 1.54) is 17.4 Å². The standard InChI is InChI=1S/C11H16N6O/c18-11-15-14-10-4-3-9(16-17(10)11)13-7-5-8-2-1-6-12-8/h3-4,8,12H,1-2,5-7H2,(H,13,16)(H,15,18)/t8-/m0/s1. The molecule has 0 aliphatic carbocycles. The van der Waals surface area contributed by atoms with Crippen LogP contribution in [0.1, 0.15) is 19.3 Å². The molecule has 0 unspecified atom stereocenters. The van der Waals surface area contributed by atoms with Gasteiger partial charge >= 0.3 is 5.69 Å². The van der Waals surface area contributed by atoms with Crippen LogP contribution in [-0.2, 0) is 0 Å². The molecule has 18 heavy (non-hydrogen) atoms. The minimum atomic E-state index is -0.314. The van der Waals surface area contributed by atoms with Crippen molar-refractivity contribution < 1.29 is 0 Å². The van der Waals surface area contributed by atoms with Gasteiger partial charge in [-0.25, -0.2) is 9.89 Å². The summed E-state index contributed by atoms with van der Waals surface area (Å²) in [6, 6.07) is 4.21. The van der Waals surface area contributed by atoms with Crippen LogP contribution in [0.25, 0.3) is 5.65 Å². The molecule has 0 bridgehead atoms. The lowest BCUT2D eigenvalue weighted by molar-refractivity contribution is 0.574. The molecule has 0 amide bonds. The molecule has 2 aromatic rings. The van der Waals surface area contributed by atoms with Crippen LogP contribution < -0.4 is 16.3 Å². The van der Waals surface area contributed by atoms with E-state index in [2.05, 4.69) is 25.9 Å². The van der Waals surface area contributed by atoms with Crippen LogP contribution in [0.4, 0.5) is 5.82 Å². The number of hydrogen-bond donors (Lipinski definition) is 3. The SMILES string of the molecule is O=c1[nH]nc2ccc(NCC[C@@H]3CCCN3)nn12. The summed E-state index contributed by atoms with van der Waals surface area (Å²) in [5.74, 6) is 0.698. The van der Waals surface area contributed by atoms with Crippen molar-refractivity contribution in [1.82, 2.24) is 25.1 Å². The van der Waals surface area contributed by atoms with Crippen LogP contribution in [0.15, 0.2) is 16.9 Å². The minimum Gasteiger partial charge on any atom is -0.369 e. The summed E-state index contributed by atoms with van der Waals surface area (Å²) in [5, 5.41) is 17.0. The van der Waals surface area contributed by atoms with Crippen LogP contribution >= 0.6 is 0 Å². The predicted octanol–water partition coefficient (Wildman–Crippen LogP) is -0.0284. The normalized spacial score (nSPS) is 19.4. The highest BCUT2D eigenvalue weighted by atomic mass is 16.2. The van der Waals surface area contributed by atoms with Crippen molar-refractivity contribution in [2.75, 3.05) is 18.4 Å². The van der Waals surface area contributed by atoms with Crippen LogP contribution in [0, 0.1) is 0 Å². The molecule has 0 radical (unpaired) electrons. The van der Waals surface area contributed by atoms with Crippen molar-refractivity contribution in [1.29, 1.82) is 0 Å². The number of anilines is 1. The van der Waals surface area contributed by atoms with Gasteiger partial charge in [-0.2, -0.15) is 9.61 Å². The summed E-state index contributed by atoms with van der Waals surface area (Å²) in [4.78, 5) is 11.4. The quantitative estimate of drug-likeness (QED) is 0.707. The van der Waals surface area contributed by atoms with Gasteiger partial charge in [0, 0.05) is 12.6 Å². The summed E-state index contributed by atoms with van der Waals surface area (Å²) < 4.78 is 1.26. The maximum absolute atomic E-state index is 11.4. The van der Waals surface area contributed by atoms with E-state index >= 15 is 0 Å². The lowest BCUT2D eigenvalue weighted by Gasteiger charge is -2.10. The first-order valence-corrected chi connectivity index (χ1v) is 6.25. The molecule has 1 aliphatic rings. The Morgan fingerprint density at radius 3 is 3.28 bits per heavy atom. The van der Waals surface area contributed by atoms with Gasteiger partial charge in [0.25, 0.3) is 0 Å². The van der Waals surface area contributed by atoms with Gasteiger partial charge in [0.15, 0.2) is 5.65 Å². The highest BCUT2D eigenvalue weighted by Crippen LogP contribution is 2.09. The number of nitrogens with zero attached hydrogens (tertiary/aromatic N) is 3. The Morgan fingerprint density at radius 1 is 1.50 bits per heavy atom. The first kappa shape index (κ1) is 11.2. The average Bonchev–Trinajstić information content (AvgIpc) is 3.01. The number of hydrogen-bond acceptors (Lipinski definition) is 5.